The third-order valence-corrected chi connectivity index (χ3v) is 3.94. The molecular formula is C13H13N3O3S. The molecule has 1 unspecified atom stereocenters. The summed E-state index contributed by atoms with van der Waals surface area (Å²) in [6.45, 7) is 1.89. The number of carbonyl (C=O) groups is 1. The van der Waals surface area contributed by atoms with Gasteiger partial charge in [0.15, 0.2) is 5.69 Å². The summed E-state index contributed by atoms with van der Waals surface area (Å²) in [7, 11) is 0. The first kappa shape index (κ1) is 13.0. The molecule has 1 N–H and O–H groups in total. The molecule has 0 aromatic carbocycles. The van der Waals surface area contributed by atoms with Gasteiger partial charge in [-0.25, -0.2) is 14.8 Å². The SMILES string of the molecule is O=C(O)c1cccc(N2CCOC(c3nccs3)C2)n1. The molecule has 1 aliphatic heterocycles. The number of carboxylic acid groups (broad SMARTS) is 1. The number of anilines is 1. The molecule has 2 aromatic rings. The summed E-state index contributed by atoms with van der Waals surface area (Å²) in [5.74, 6) is -0.355. The maximum absolute atomic E-state index is 11.0. The molecular weight excluding hydrogens is 278 g/mol. The highest BCUT2D eigenvalue weighted by Crippen LogP contribution is 2.26. The molecule has 0 spiro atoms. The van der Waals surface area contributed by atoms with Crippen LogP contribution in [0.2, 0.25) is 0 Å². The Kier molecular flexibility index (Phi) is 3.62. The molecule has 0 amide bonds. The zero-order valence-corrected chi connectivity index (χ0v) is 11.4. The van der Waals surface area contributed by atoms with Crippen LogP contribution in [-0.4, -0.2) is 40.7 Å². The van der Waals surface area contributed by atoms with E-state index in [-0.39, 0.29) is 11.8 Å². The van der Waals surface area contributed by atoms with Crippen LogP contribution in [-0.2, 0) is 4.74 Å². The molecule has 1 saturated heterocycles. The molecule has 3 heterocycles. The van der Waals surface area contributed by atoms with Crippen LogP contribution in [0.25, 0.3) is 0 Å². The van der Waals surface area contributed by atoms with E-state index in [1.165, 1.54) is 6.07 Å². The highest BCUT2D eigenvalue weighted by atomic mass is 32.1. The molecule has 104 valence electrons. The summed E-state index contributed by atoms with van der Waals surface area (Å²) in [5.41, 5.74) is 0.0554. The quantitative estimate of drug-likeness (QED) is 0.929. The third kappa shape index (κ3) is 2.63. The molecule has 1 fully saturated rings. The molecule has 20 heavy (non-hydrogen) atoms. The van der Waals surface area contributed by atoms with Gasteiger partial charge in [-0.05, 0) is 12.1 Å². The highest BCUT2D eigenvalue weighted by Gasteiger charge is 2.25. The Bertz CT molecular complexity index is 603. The van der Waals surface area contributed by atoms with Crippen molar-refractivity contribution >= 4 is 23.1 Å². The Morgan fingerprint density at radius 2 is 2.40 bits per heavy atom. The average molecular weight is 291 g/mol. The summed E-state index contributed by atoms with van der Waals surface area (Å²) in [4.78, 5) is 21.4. The van der Waals surface area contributed by atoms with Crippen molar-refractivity contribution in [3.63, 3.8) is 0 Å². The maximum atomic E-state index is 11.0. The van der Waals surface area contributed by atoms with Gasteiger partial charge in [-0.15, -0.1) is 11.3 Å². The summed E-state index contributed by atoms with van der Waals surface area (Å²) < 4.78 is 5.71. The van der Waals surface area contributed by atoms with Crippen LogP contribution in [0, 0.1) is 0 Å². The Hall–Kier alpha value is -1.99. The van der Waals surface area contributed by atoms with E-state index in [0.717, 1.165) is 5.01 Å². The summed E-state index contributed by atoms with van der Waals surface area (Å²) in [6, 6.07) is 5.01. The van der Waals surface area contributed by atoms with Crippen molar-refractivity contribution in [1.82, 2.24) is 9.97 Å². The van der Waals surface area contributed by atoms with Crippen molar-refractivity contribution in [1.29, 1.82) is 0 Å². The molecule has 6 nitrogen and oxygen atoms in total. The Morgan fingerprint density at radius 3 is 3.15 bits per heavy atom. The zero-order valence-electron chi connectivity index (χ0n) is 10.6. The van der Waals surface area contributed by atoms with Gasteiger partial charge in [0.1, 0.15) is 16.9 Å². The minimum absolute atomic E-state index is 0.0554. The lowest BCUT2D eigenvalue weighted by Crippen LogP contribution is -2.39. The molecule has 0 radical (unpaired) electrons. The number of aromatic nitrogens is 2. The van der Waals surface area contributed by atoms with Crippen molar-refractivity contribution < 1.29 is 14.6 Å². The second-order valence-corrected chi connectivity index (χ2v) is 5.29. The second kappa shape index (κ2) is 5.56. The lowest BCUT2D eigenvalue weighted by Gasteiger charge is -2.32. The van der Waals surface area contributed by atoms with E-state index in [4.69, 9.17) is 9.84 Å². The Balaban J connectivity index is 1.80. The van der Waals surface area contributed by atoms with Crippen molar-refractivity contribution in [2.45, 2.75) is 6.10 Å². The lowest BCUT2D eigenvalue weighted by atomic mass is 10.2. The van der Waals surface area contributed by atoms with E-state index in [9.17, 15) is 4.79 Å². The number of ether oxygens (including phenoxy) is 1. The predicted molar refractivity (Wildman–Crippen MR) is 74.2 cm³/mol. The molecule has 7 heteroatoms. The number of pyridine rings is 1. The fourth-order valence-corrected chi connectivity index (χ4v) is 2.80. The van der Waals surface area contributed by atoms with Crippen LogP contribution in [0.5, 0.6) is 0 Å². The van der Waals surface area contributed by atoms with Gasteiger partial charge in [-0.2, -0.15) is 0 Å². The number of hydrogen-bond acceptors (Lipinski definition) is 6. The topological polar surface area (TPSA) is 75.5 Å². The minimum atomic E-state index is -1.02. The first-order chi connectivity index (χ1) is 9.74. The van der Waals surface area contributed by atoms with Crippen LogP contribution in [0.3, 0.4) is 0 Å². The number of aromatic carboxylic acids is 1. The second-order valence-electron chi connectivity index (χ2n) is 4.36. The van der Waals surface area contributed by atoms with Crippen LogP contribution < -0.4 is 4.90 Å². The standard InChI is InChI=1S/C13H13N3O3S/c17-13(18)9-2-1-3-11(15-9)16-5-6-19-10(8-16)12-14-4-7-20-12/h1-4,7,10H,5-6,8H2,(H,17,18). The third-order valence-electron chi connectivity index (χ3n) is 3.07. The van der Waals surface area contributed by atoms with E-state index in [0.29, 0.717) is 25.5 Å². The minimum Gasteiger partial charge on any atom is -0.477 e. The van der Waals surface area contributed by atoms with E-state index in [1.54, 1.807) is 23.6 Å². The highest BCUT2D eigenvalue weighted by molar-refractivity contribution is 7.09. The molecule has 0 bridgehead atoms. The molecule has 0 aliphatic carbocycles. The van der Waals surface area contributed by atoms with Gasteiger partial charge in [-0.3, -0.25) is 0 Å². The Labute approximate surface area is 119 Å². The summed E-state index contributed by atoms with van der Waals surface area (Å²) in [6.07, 6.45) is 1.67. The summed E-state index contributed by atoms with van der Waals surface area (Å²) in [5, 5.41) is 11.8. The first-order valence-electron chi connectivity index (χ1n) is 6.20. The number of nitrogens with zero attached hydrogens (tertiary/aromatic N) is 3. The lowest BCUT2D eigenvalue weighted by molar-refractivity contribution is 0.0393. The molecule has 1 aliphatic rings. The van der Waals surface area contributed by atoms with Crippen molar-refractivity contribution in [3.05, 3.63) is 40.5 Å². The van der Waals surface area contributed by atoms with Gasteiger partial charge in [0.2, 0.25) is 0 Å². The number of morpholine rings is 1. The van der Waals surface area contributed by atoms with E-state index in [2.05, 4.69) is 9.97 Å². The number of carboxylic acids is 1. The fourth-order valence-electron chi connectivity index (χ4n) is 2.12. The molecule has 0 saturated carbocycles. The Morgan fingerprint density at radius 1 is 1.50 bits per heavy atom. The van der Waals surface area contributed by atoms with Gasteiger partial charge in [0, 0.05) is 18.1 Å². The fraction of sp³-hybridized carbons (Fsp3) is 0.308. The number of thiazole rings is 1. The van der Waals surface area contributed by atoms with Crippen molar-refractivity contribution in [2.24, 2.45) is 0 Å². The average Bonchev–Trinajstić information content (AvgIpc) is 3.02. The van der Waals surface area contributed by atoms with Crippen LogP contribution in [0.15, 0.2) is 29.8 Å². The van der Waals surface area contributed by atoms with E-state index < -0.39 is 5.97 Å². The van der Waals surface area contributed by atoms with Crippen LogP contribution >= 0.6 is 11.3 Å². The molecule has 3 rings (SSSR count). The van der Waals surface area contributed by atoms with Gasteiger partial charge in [-0.1, -0.05) is 6.07 Å². The van der Waals surface area contributed by atoms with Gasteiger partial charge in [0.05, 0.1) is 13.2 Å². The number of hydrogen-bond donors (Lipinski definition) is 1. The summed E-state index contributed by atoms with van der Waals surface area (Å²) >= 11 is 1.56. The van der Waals surface area contributed by atoms with Crippen LogP contribution in [0.4, 0.5) is 5.82 Å². The van der Waals surface area contributed by atoms with Crippen molar-refractivity contribution in [3.8, 4) is 0 Å². The van der Waals surface area contributed by atoms with Crippen LogP contribution in [0.1, 0.15) is 21.6 Å². The van der Waals surface area contributed by atoms with E-state index in [1.807, 2.05) is 16.3 Å². The molecule has 1 atom stereocenters. The normalized spacial score (nSPS) is 19.0. The first-order valence-corrected chi connectivity index (χ1v) is 7.08. The zero-order chi connectivity index (χ0) is 13.9. The largest absolute Gasteiger partial charge is 0.477 e. The maximum Gasteiger partial charge on any atom is 0.354 e. The smallest absolute Gasteiger partial charge is 0.354 e. The van der Waals surface area contributed by atoms with E-state index >= 15 is 0 Å². The monoisotopic (exact) mass is 291 g/mol. The van der Waals surface area contributed by atoms with Gasteiger partial charge >= 0.3 is 5.97 Å². The van der Waals surface area contributed by atoms with Gasteiger partial charge < -0.3 is 14.7 Å². The number of rotatable bonds is 3. The predicted octanol–water partition coefficient (Wildman–Crippen LogP) is 1.81. The van der Waals surface area contributed by atoms with Gasteiger partial charge in [0.25, 0.3) is 0 Å². The molecule has 2 aromatic heterocycles. The van der Waals surface area contributed by atoms with Crippen molar-refractivity contribution in [2.75, 3.05) is 24.6 Å².